The van der Waals surface area contributed by atoms with Gasteiger partial charge in [-0.1, -0.05) is 104 Å². The molecule has 3 aliphatic heterocycles. The largest absolute Gasteiger partial charge is 0.493 e. The molecule has 6 amide bonds. The fraction of sp³-hybridized carbons (Fsp3) is 0.488. The number of hydrogen-bond donors (Lipinski definition) is 4. The molecular formula is C86H107N7O20. The van der Waals surface area contributed by atoms with E-state index in [0.29, 0.717) is 176 Å². The molecule has 3 heterocycles. The van der Waals surface area contributed by atoms with Crippen LogP contribution < -0.4 is 34.9 Å². The van der Waals surface area contributed by atoms with Gasteiger partial charge in [-0.2, -0.15) is 0 Å². The van der Waals surface area contributed by atoms with Crippen LogP contribution >= 0.6 is 0 Å². The highest BCUT2D eigenvalue weighted by molar-refractivity contribution is 6.12. The summed E-state index contributed by atoms with van der Waals surface area (Å²) in [6.07, 6.45) is 29.8. The highest BCUT2D eigenvalue weighted by Gasteiger charge is 2.40. The molecule has 0 radical (unpaired) electrons. The number of carbonyl (C=O) groups is 8. The van der Waals surface area contributed by atoms with E-state index in [0.717, 1.165) is 34.3 Å². The molecule has 0 bridgehead atoms. The second-order valence-electron chi connectivity index (χ2n) is 28.5. The van der Waals surface area contributed by atoms with Gasteiger partial charge >= 0.3 is 0 Å². The van der Waals surface area contributed by atoms with Crippen molar-refractivity contribution in [3.8, 4) is 23.0 Å². The molecule has 0 spiro atoms. The molecule has 7 aliphatic rings. The SMILES string of the molecule is COc1cc2c(cc1OCCCOc1cc3c(cc1OC)C(=O)N1C=C(c4ccc(NC(=O)[C@H](C)NC(=O)C(C(=N)CC(=O)CCOCCOCCOCCOCCOCCOCCOCCOCCNC(=O)CCN5C(=O)CC(C6=C/C=C\C=C/C=C\6)C5=O)C(C)C)cc4)C[C@H]1C=N3)/C=C\[C@@H]1CC(C3CC3)=CC=C1CC2=O. The monoisotopic (exact) mass is 1560 g/mol. The van der Waals surface area contributed by atoms with Gasteiger partial charge in [0, 0.05) is 99.4 Å². The van der Waals surface area contributed by atoms with Crippen molar-refractivity contribution < 1.29 is 95.2 Å². The predicted octanol–water partition coefficient (Wildman–Crippen LogP) is 10.1. The molecule has 4 N–H and O–H groups in total. The molecule has 5 atom stereocenters. The Morgan fingerprint density at radius 2 is 1.20 bits per heavy atom. The number of benzene rings is 3. The number of ether oxygens (including phenoxy) is 12. The van der Waals surface area contributed by atoms with Crippen LogP contribution in [-0.2, 0) is 66.7 Å². The van der Waals surface area contributed by atoms with E-state index in [-0.39, 0.29) is 111 Å². The number of aliphatic imine (C=N–C) groups is 1. The van der Waals surface area contributed by atoms with Crippen molar-refractivity contribution in [2.75, 3.05) is 152 Å². The molecule has 0 aromatic heterocycles. The van der Waals surface area contributed by atoms with Gasteiger partial charge < -0.3 is 83.1 Å². The summed E-state index contributed by atoms with van der Waals surface area (Å²) in [5.41, 5.74) is 7.77. The number of likely N-dealkylation sites (tertiary alicyclic amines) is 1. The quantitative estimate of drug-likeness (QED) is 0.0232. The Balaban J connectivity index is 0.514. The molecule has 4 aliphatic carbocycles. The zero-order chi connectivity index (χ0) is 79.9. The van der Waals surface area contributed by atoms with E-state index in [9.17, 15) is 38.4 Å². The second kappa shape index (κ2) is 44.6. The Kier molecular flexibility index (Phi) is 33.8. The van der Waals surface area contributed by atoms with Crippen LogP contribution in [0.2, 0.25) is 0 Å². The third kappa shape index (κ3) is 25.8. The Morgan fingerprint density at radius 3 is 1.83 bits per heavy atom. The second-order valence-corrected chi connectivity index (χ2v) is 28.5. The smallest absolute Gasteiger partial charge is 0.260 e. The summed E-state index contributed by atoms with van der Waals surface area (Å²) in [5.74, 6) is -1.39. The number of Topliss-reactive ketones (excluding diaryl/α,β-unsaturated/α-hetero) is 2. The van der Waals surface area contributed by atoms with Crippen molar-refractivity contribution in [1.29, 1.82) is 5.41 Å². The molecule has 2 fully saturated rings. The van der Waals surface area contributed by atoms with E-state index in [2.05, 4.69) is 34.2 Å². The highest BCUT2D eigenvalue weighted by atomic mass is 16.6. The topological polar surface area (TPSA) is 326 Å². The first-order valence-corrected chi connectivity index (χ1v) is 39.1. The number of methoxy groups -OCH3 is 2. The summed E-state index contributed by atoms with van der Waals surface area (Å²) >= 11 is 0. The van der Waals surface area contributed by atoms with E-state index in [1.54, 1.807) is 69.3 Å². The molecule has 2 unspecified atom stereocenters. The first-order valence-electron chi connectivity index (χ1n) is 39.1. The predicted molar refractivity (Wildman–Crippen MR) is 425 cm³/mol. The number of nitrogens with zero attached hydrogens (tertiary/aromatic N) is 3. The maximum absolute atomic E-state index is 14.2. The lowest BCUT2D eigenvalue weighted by Gasteiger charge is -2.25. The fourth-order valence-corrected chi connectivity index (χ4v) is 13.7. The number of imide groups is 1. The fourth-order valence-electron chi connectivity index (χ4n) is 13.7. The van der Waals surface area contributed by atoms with Crippen LogP contribution in [0.5, 0.6) is 23.0 Å². The molecule has 3 aromatic rings. The average Bonchev–Trinajstić information content (AvgIpc) is 1.64. The van der Waals surface area contributed by atoms with Gasteiger partial charge in [0.1, 0.15) is 11.8 Å². The number of nitrogens with one attached hydrogen (secondary N) is 4. The number of allylic oxidation sites excluding steroid dienone is 12. The van der Waals surface area contributed by atoms with Gasteiger partial charge in [-0.25, -0.2) is 0 Å². The normalized spacial score (nSPS) is 19.7. The number of hydrogen-bond acceptors (Lipinski definition) is 22. The summed E-state index contributed by atoms with van der Waals surface area (Å²) in [7, 11) is 3.08. The summed E-state index contributed by atoms with van der Waals surface area (Å²) in [4.78, 5) is 113. The van der Waals surface area contributed by atoms with Gasteiger partial charge in [0.15, 0.2) is 28.8 Å². The summed E-state index contributed by atoms with van der Waals surface area (Å²) < 4.78 is 68.2. The highest BCUT2D eigenvalue weighted by Crippen LogP contribution is 2.45. The Labute approximate surface area is 660 Å². The van der Waals surface area contributed by atoms with Gasteiger partial charge in [0.05, 0.1) is 162 Å². The molecule has 113 heavy (non-hydrogen) atoms. The molecule has 1 saturated carbocycles. The molecular weight excluding hydrogens is 1450 g/mol. The lowest BCUT2D eigenvalue weighted by atomic mass is 9.80. The van der Waals surface area contributed by atoms with E-state index < -0.39 is 29.7 Å². The van der Waals surface area contributed by atoms with E-state index >= 15 is 0 Å². The third-order valence-corrected chi connectivity index (χ3v) is 20.0. The molecule has 3 aromatic carbocycles. The van der Waals surface area contributed by atoms with Gasteiger partial charge in [0.2, 0.25) is 29.5 Å². The molecule has 27 nitrogen and oxygen atoms in total. The summed E-state index contributed by atoms with van der Waals surface area (Å²) in [6.45, 7) is 11.6. The minimum Gasteiger partial charge on any atom is -0.493 e. The van der Waals surface area contributed by atoms with E-state index in [1.807, 2.05) is 73.0 Å². The molecule has 27 heteroatoms. The van der Waals surface area contributed by atoms with Crippen LogP contribution in [0.3, 0.4) is 0 Å². The lowest BCUT2D eigenvalue weighted by molar-refractivity contribution is -0.139. The van der Waals surface area contributed by atoms with Crippen LogP contribution in [-0.4, -0.2) is 227 Å². The zero-order valence-corrected chi connectivity index (χ0v) is 65.4. The number of rotatable bonds is 49. The standard InChI is InChI=1S/C86H107N7O20/c1-57(2)82(73(87)50-69(94)25-30-104-32-34-106-36-38-108-40-42-110-44-45-111-43-41-109-39-37-107-35-33-105-31-26-88-80(96)24-27-92-81(97)53-71(85(92)100)61-12-9-7-6-8-10-13-61)84(99)90-58(3)83(98)91-67-22-20-60(21-23-67)66-47-68-55-89-74-54-79(77(103-5)52-72(74)86(101)93(68)56-66)113-29-11-28-112-78-49-65-19-18-63-46-62(59-14-15-59)16-17-64(63)48-75(95)70(65)51-76(78)102-4/h6-10,12-13,16-23,49,51-52,54-59,63,68,71,82,87H,11,14-15,24-48,50,53H2,1-5H3,(H,88,96)(H,90,99)(H,91,98)/b7-6-,8-6?,9-7?,10-8-,12-9-,13-10?,19-18-,61-12?,61-13+,87-73?/t58-,63+,68-,71?,82?/m0/s1. The summed E-state index contributed by atoms with van der Waals surface area (Å²) in [6, 6.07) is 12.9. The van der Waals surface area contributed by atoms with Gasteiger partial charge in [-0.15, -0.1) is 0 Å². The first kappa shape index (κ1) is 85.6. The van der Waals surface area contributed by atoms with Crippen LogP contribution in [0.15, 0.2) is 137 Å². The molecule has 10 rings (SSSR count). The minimum atomic E-state index is -0.969. The summed E-state index contributed by atoms with van der Waals surface area (Å²) in [5, 5.41) is 17.1. The van der Waals surface area contributed by atoms with Crippen molar-refractivity contribution in [2.45, 2.75) is 97.1 Å². The van der Waals surface area contributed by atoms with Crippen molar-refractivity contribution in [3.05, 3.63) is 154 Å². The van der Waals surface area contributed by atoms with Gasteiger partial charge in [-0.05, 0) is 90.6 Å². The number of anilines is 1. The van der Waals surface area contributed by atoms with Crippen LogP contribution in [0.1, 0.15) is 117 Å². The maximum atomic E-state index is 14.2. The molecule has 606 valence electrons. The number of carbonyl (C=O) groups excluding carboxylic acids is 8. The number of ketones is 2. The first-order chi connectivity index (χ1) is 55.0. The lowest BCUT2D eigenvalue weighted by Crippen LogP contribution is -2.47. The van der Waals surface area contributed by atoms with Crippen molar-refractivity contribution >= 4 is 82.0 Å². The van der Waals surface area contributed by atoms with Crippen LogP contribution in [0.25, 0.3) is 11.6 Å². The van der Waals surface area contributed by atoms with Crippen LogP contribution in [0, 0.1) is 35.0 Å². The number of fused-ring (bicyclic) bond motifs is 4. The zero-order valence-electron chi connectivity index (χ0n) is 65.4. The third-order valence-electron chi connectivity index (χ3n) is 20.0. The minimum absolute atomic E-state index is 0.0165. The van der Waals surface area contributed by atoms with Gasteiger partial charge in [-0.3, -0.25) is 48.2 Å². The Morgan fingerprint density at radius 1 is 0.611 bits per heavy atom. The van der Waals surface area contributed by atoms with Crippen molar-refractivity contribution in [3.63, 3.8) is 0 Å². The Hall–Kier alpha value is -9.84. The Bertz CT molecular complexity index is 4130. The van der Waals surface area contributed by atoms with E-state index in [4.69, 9.17) is 67.2 Å². The van der Waals surface area contributed by atoms with Crippen molar-refractivity contribution in [1.82, 2.24) is 20.4 Å². The van der Waals surface area contributed by atoms with Crippen molar-refractivity contribution in [2.24, 2.45) is 34.6 Å². The van der Waals surface area contributed by atoms with Crippen LogP contribution in [0.4, 0.5) is 11.4 Å². The number of amides is 6. The molecule has 1 saturated heterocycles. The average molecular weight is 1560 g/mol. The van der Waals surface area contributed by atoms with Gasteiger partial charge in [0.25, 0.3) is 5.91 Å². The maximum Gasteiger partial charge on any atom is 0.260 e. The van der Waals surface area contributed by atoms with E-state index in [1.165, 1.54) is 30.4 Å².